The van der Waals surface area contributed by atoms with Gasteiger partial charge in [0.05, 0.1) is 13.2 Å². The SMILES string of the molecule is O=C(CCc1ccccc1Cl)NCc1ccccc1CN1CCOCC1. The highest BCUT2D eigenvalue weighted by Gasteiger charge is 2.13. The Balaban J connectivity index is 1.51. The highest BCUT2D eigenvalue weighted by Crippen LogP contribution is 2.17. The lowest BCUT2D eigenvalue weighted by Crippen LogP contribution is -2.36. The molecule has 5 heteroatoms. The lowest BCUT2D eigenvalue weighted by atomic mass is 10.1. The molecule has 1 fully saturated rings. The van der Waals surface area contributed by atoms with E-state index in [1.54, 1.807) is 0 Å². The number of hydrogen-bond donors (Lipinski definition) is 1. The number of nitrogens with zero attached hydrogens (tertiary/aromatic N) is 1. The fraction of sp³-hybridized carbons (Fsp3) is 0.381. The molecule has 1 aliphatic rings. The molecule has 0 spiro atoms. The van der Waals surface area contributed by atoms with E-state index in [9.17, 15) is 4.79 Å². The molecule has 0 saturated carbocycles. The van der Waals surface area contributed by atoms with Crippen LogP contribution in [-0.4, -0.2) is 37.1 Å². The molecule has 26 heavy (non-hydrogen) atoms. The molecule has 0 atom stereocenters. The van der Waals surface area contributed by atoms with Gasteiger partial charge in [-0.2, -0.15) is 0 Å². The van der Waals surface area contributed by atoms with Crippen LogP contribution in [0.5, 0.6) is 0 Å². The van der Waals surface area contributed by atoms with Crippen molar-refractivity contribution in [1.82, 2.24) is 10.2 Å². The number of halogens is 1. The van der Waals surface area contributed by atoms with Crippen LogP contribution in [0.15, 0.2) is 48.5 Å². The van der Waals surface area contributed by atoms with Gasteiger partial charge in [-0.1, -0.05) is 54.1 Å². The first-order valence-corrected chi connectivity index (χ1v) is 9.47. The second-order valence-corrected chi connectivity index (χ2v) is 6.93. The highest BCUT2D eigenvalue weighted by atomic mass is 35.5. The van der Waals surface area contributed by atoms with E-state index in [-0.39, 0.29) is 5.91 Å². The van der Waals surface area contributed by atoms with E-state index in [0.29, 0.717) is 19.4 Å². The predicted molar refractivity (Wildman–Crippen MR) is 104 cm³/mol. The van der Waals surface area contributed by atoms with Crippen molar-refractivity contribution in [3.8, 4) is 0 Å². The van der Waals surface area contributed by atoms with Crippen LogP contribution in [0.1, 0.15) is 23.1 Å². The van der Waals surface area contributed by atoms with Crippen LogP contribution in [0.3, 0.4) is 0 Å². The van der Waals surface area contributed by atoms with Crippen LogP contribution in [0.4, 0.5) is 0 Å². The Morgan fingerprint density at radius 1 is 1.00 bits per heavy atom. The van der Waals surface area contributed by atoms with Crippen molar-refractivity contribution in [1.29, 1.82) is 0 Å². The molecule has 2 aromatic rings. The zero-order valence-electron chi connectivity index (χ0n) is 14.9. The summed E-state index contributed by atoms with van der Waals surface area (Å²) in [6, 6.07) is 16.0. The quantitative estimate of drug-likeness (QED) is 0.809. The van der Waals surface area contributed by atoms with E-state index in [4.69, 9.17) is 16.3 Å². The second-order valence-electron chi connectivity index (χ2n) is 6.53. The average molecular weight is 373 g/mol. The maximum absolute atomic E-state index is 12.2. The average Bonchev–Trinajstić information content (AvgIpc) is 2.67. The zero-order chi connectivity index (χ0) is 18.2. The molecule has 0 aromatic heterocycles. The normalized spacial score (nSPS) is 15.0. The van der Waals surface area contributed by atoms with Crippen LogP contribution in [-0.2, 0) is 29.0 Å². The van der Waals surface area contributed by atoms with Crippen molar-refractivity contribution in [2.24, 2.45) is 0 Å². The van der Waals surface area contributed by atoms with Gasteiger partial charge >= 0.3 is 0 Å². The van der Waals surface area contributed by atoms with E-state index in [2.05, 4.69) is 28.4 Å². The third-order valence-corrected chi connectivity index (χ3v) is 5.04. The van der Waals surface area contributed by atoms with Gasteiger partial charge in [0.25, 0.3) is 0 Å². The third-order valence-electron chi connectivity index (χ3n) is 4.67. The van der Waals surface area contributed by atoms with Crippen molar-refractivity contribution < 1.29 is 9.53 Å². The summed E-state index contributed by atoms with van der Waals surface area (Å²) < 4.78 is 5.41. The Hall–Kier alpha value is -1.88. The molecular weight excluding hydrogens is 348 g/mol. The first-order chi connectivity index (χ1) is 12.7. The number of hydrogen-bond acceptors (Lipinski definition) is 3. The van der Waals surface area contributed by atoms with Gasteiger partial charge in [0, 0.05) is 37.6 Å². The summed E-state index contributed by atoms with van der Waals surface area (Å²) in [4.78, 5) is 14.6. The van der Waals surface area contributed by atoms with Crippen LogP contribution in [0.2, 0.25) is 5.02 Å². The third kappa shape index (κ3) is 5.56. The number of ether oxygens (including phenoxy) is 1. The summed E-state index contributed by atoms with van der Waals surface area (Å²) >= 11 is 6.15. The van der Waals surface area contributed by atoms with Gasteiger partial charge in [-0.3, -0.25) is 9.69 Å². The van der Waals surface area contributed by atoms with Crippen molar-refractivity contribution in [3.63, 3.8) is 0 Å². The number of nitrogens with one attached hydrogen (secondary N) is 1. The lowest BCUT2D eigenvalue weighted by Gasteiger charge is -2.27. The zero-order valence-corrected chi connectivity index (χ0v) is 15.7. The van der Waals surface area contributed by atoms with Gasteiger partial charge in [-0.25, -0.2) is 0 Å². The molecule has 138 valence electrons. The molecule has 0 bridgehead atoms. The summed E-state index contributed by atoms with van der Waals surface area (Å²) in [6.07, 6.45) is 1.09. The lowest BCUT2D eigenvalue weighted by molar-refractivity contribution is -0.121. The van der Waals surface area contributed by atoms with Crippen LogP contribution in [0, 0.1) is 0 Å². The molecular formula is C21H25ClN2O2. The molecule has 1 heterocycles. The monoisotopic (exact) mass is 372 g/mol. The minimum absolute atomic E-state index is 0.0473. The summed E-state index contributed by atoms with van der Waals surface area (Å²) in [6.45, 7) is 4.95. The summed E-state index contributed by atoms with van der Waals surface area (Å²) in [5, 5.41) is 3.76. The van der Waals surface area contributed by atoms with Crippen molar-refractivity contribution in [2.45, 2.75) is 25.9 Å². The maximum atomic E-state index is 12.2. The number of morpholine rings is 1. The Labute approximate surface area is 160 Å². The molecule has 4 nitrogen and oxygen atoms in total. The van der Waals surface area contributed by atoms with Crippen LogP contribution in [0.25, 0.3) is 0 Å². The Kier molecular flexibility index (Phi) is 7.06. The number of carbonyl (C=O) groups is 1. The summed E-state index contributed by atoms with van der Waals surface area (Å²) in [5.41, 5.74) is 3.45. The molecule has 1 N–H and O–H groups in total. The van der Waals surface area contributed by atoms with Gasteiger partial charge in [0.2, 0.25) is 5.91 Å². The smallest absolute Gasteiger partial charge is 0.220 e. The number of rotatable bonds is 7. The van der Waals surface area contributed by atoms with Gasteiger partial charge in [0.15, 0.2) is 0 Å². The van der Waals surface area contributed by atoms with Crippen molar-refractivity contribution >= 4 is 17.5 Å². The van der Waals surface area contributed by atoms with Gasteiger partial charge in [-0.15, -0.1) is 0 Å². The molecule has 0 radical (unpaired) electrons. The van der Waals surface area contributed by atoms with E-state index in [1.807, 2.05) is 30.3 Å². The fourth-order valence-electron chi connectivity index (χ4n) is 3.12. The van der Waals surface area contributed by atoms with E-state index in [1.165, 1.54) is 11.1 Å². The topological polar surface area (TPSA) is 41.6 Å². The Bertz CT molecular complexity index is 729. The molecule has 1 saturated heterocycles. The van der Waals surface area contributed by atoms with E-state index >= 15 is 0 Å². The predicted octanol–water partition coefficient (Wildman–Crippen LogP) is 3.42. The number of aryl methyl sites for hydroxylation is 1. The minimum Gasteiger partial charge on any atom is -0.379 e. The first-order valence-electron chi connectivity index (χ1n) is 9.09. The molecule has 1 amide bonds. The number of amides is 1. The Morgan fingerprint density at radius 3 is 2.38 bits per heavy atom. The number of carbonyl (C=O) groups excluding carboxylic acids is 1. The van der Waals surface area contributed by atoms with Crippen molar-refractivity contribution in [2.75, 3.05) is 26.3 Å². The van der Waals surface area contributed by atoms with Crippen molar-refractivity contribution in [3.05, 3.63) is 70.2 Å². The molecule has 1 aliphatic heterocycles. The molecule has 3 rings (SSSR count). The highest BCUT2D eigenvalue weighted by molar-refractivity contribution is 6.31. The van der Waals surface area contributed by atoms with Gasteiger partial charge in [-0.05, 0) is 29.2 Å². The first kappa shape index (κ1) is 18.9. The minimum atomic E-state index is 0.0473. The van der Waals surface area contributed by atoms with Gasteiger partial charge in [0.1, 0.15) is 0 Å². The maximum Gasteiger partial charge on any atom is 0.220 e. The van der Waals surface area contributed by atoms with Crippen LogP contribution < -0.4 is 5.32 Å². The largest absolute Gasteiger partial charge is 0.379 e. The molecule has 2 aromatic carbocycles. The standard InChI is InChI=1S/C21H25ClN2O2/c22-20-8-4-3-5-17(20)9-10-21(25)23-15-18-6-1-2-7-19(18)16-24-11-13-26-14-12-24/h1-8H,9-16H2,(H,23,25). The number of benzene rings is 2. The van der Waals surface area contributed by atoms with E-state index in [0.717, 1.165) is 43.4 Å². The summed E-state index contributed by atoms with van der Waals surface area (Å²) in [5.74, 6) is 0.0473. The molecule has 0 unspecified atom stereocenters. The van der Waals surface area contributed by atoms with Gasteiger partial charge < -0.3 is 10.1 Å². The Morgan fingerprint density at radius 2 is 1.65 bits per heavy atom. The summed E-state index contributed by atoms with van der Waals surface area (Å²) in [7, 11) is 0. The fourth-order valence-corrected chi connectivity index (χ4v) is 3.35. The van der Waals surface area contributed by atoms with Crippen LogP contribution >= 0.6 is 11.6 Å². The second kappa shape index (κ2) is 9.72. The van der Waals surface area contributed by atoms with E-state index < -0.39 is 0 Å². The molecule has 0 aliphatic carbocycles.